The highest BCUT2D eigenvalue weighted by molar-refractivity contribution is 7.17. The van der Waals surface area contributed by atoms with Crippen LogP contribution in [0, 0.1) is 6.92 Å². The highest BCUT2D eigenvalue weighted by atomic mass is 32.1. The van der Waals surface area contributed by atoms with Crippen molar-refractivity contribution in [3.63, 3.8) is 0 Å². The summed E-state index contributed by atoms with van der Waals surface area (Å²) in [4.78, 5) is 20.1. The fourth-order valence-corrected chi connectivity index (χ4v) is 5.63. The second-order valence-electron chi connectivity index (χ2n) is 7.34. The van der Waals surface area contributed by atoms with Crippen LogP contribution in [-0.2, 0) is 11.3 Å². The first-order chi connectivity index (χ1) is 14.7. The summed E-state index contributed by atoms with van der Waals surface area (Å²) >= 11 is 3.40. The Labute approximate surface area is 183 Å². The van der Waals surface area contributed by atoms with E-state index in [1.807, 2.05) is 13.0 Å². The Kier molecular flexibility index (Phi) is 5.37. The molecule has 0 spiro atoms. The lowest BCUT2D eigenvalue weighted by Crippen LogP contribution is -2.47. The van der Waals surface area contributed by atoms with E-state index in [1.165, 1.54) is 11.1 Å². The number of aryl methyl sites for hydroxylation is 1. The van der Waals surface area contributed by atoms with Gasteiger partial charge in [0, 0.05) is 49.6 Å². The van der Waals surface area contributed by atoms with Gasteiger partial charge in [-0.1, -0.05) is 30.3 Å². The van der Waals surface area contributed by atoms with Crippen LogP contribution in [0.5, 0.6) is 0 Å². The van der Waals surface area contributed by atoms with E-state index >= 15 is 0 Å². The number of thiophene rings is 1. The molecule has 0 amide bonds. The minimum atomic E-state index is 0.417. The fourth-order valence-electron chi connectivity index (χ4n) is 3.82. The summed E-state index contributed by atoms with van der Waals surface area (Å²) in [5, 5.41) is 6.57. The smallest absolute Gasteiger partial charge is 0.185 e. The molecule has 4 aromatic rings. The van der Waals surface area contributed by atoms with Crippen LogP contribution in [0.4, 0.5) is 10.9 Å². The van der Waals surface area contributed by atoms with Crippen LogP contribution >= 0.6 is 22.7 Å². The molecule has 1 aliphatic heterocycles. The van der Waals surface area contributed by atoms with Crippen LogP contribution in [0.2, 0.25) is 0 Å². The van der Waals surface area contributed by atoms with Gasteiger partial charge < -0.3 is 14.5 Å². The van der Waals surface area contributed by atoms with Crippen molar-refractivity contribution in [2.45, 2.75) is 13.5 Å². The highest BCUT2D eigenvalue weighted by Gasteiger charge is 2.24. The van der Waals surface area contributed by atoms with Gasteiger partial charge in [0.15, 0.2) is 11.0 Å². The molecule has 0 radical (unpaired) electrons. The van der Waals surface area contributed by atoms with E-state index in [-0.39, 0.29) is 0 Å². The van der Waals surface area contributed by atoms with Gasteiger partial charge in [-0.2, -0.15) is 0 Å². The van der Waals surface area contributed by atoms with Crippen LogP contribution < -0.4 is 9.80 Å². The maximum atomic E-state index is 5.33. The largest absolute Gasteiger partial charge is 0.377 e. The summed E-state index contributed by atoms with van der Waals surface area (Å²) in [6.07, 6.45) is 0. The third kappa shape index (κ3) is 3.66. The number of rotatable bonds is 5. The Morgan fingerprint density at radius 3 is 2.40 bits per heavy atom. The molecule has 30 heavy (non-hydrogen) atoms. The Bertz CT molecular complexity index is 1150. The summed E-state index contributed by atoms with van der Waals surface area (Å²) in [5.41, 5.74) is 3.49. The summed E-state index contributed by atoms with van der Waals surface area (Å²) in [5.74, 6) is 1.75. The highest BCUT2D eigenvalue weighted by Crippen LogP contribution is 2.38. The maximum Gasteiger partial charge on any atom is 0.185 e. The number of aromatic nitrogens is 3. The number of anilines is 2. The summed E-state index contributed by atoms with van der Waals surface area (Å²) in [6, 6.07) is 10.5. The molecule has 1 aromatic carbocycles. The molecule has 1 saturated heterocycles. The molecule has 0 bridgehead atoms. The third-order valence-corrected chi connectivity index (χ3v) is 7.17. The van der Waals surface area contributed by atoms with Crippen molar-refractivity contribution in [3.05, 3.63) is 52.6 Å². The molecule has 0 unspecified atom stereocenters. The summed E-state index contributed by atoms with van der Waals surface area (Å²) in [7, 11) is 1.69. The predicted octanol–water partition coefficient (Wildman–Crippen LogP) is 4.60. The molecule has 0 saturated carbocycles. The monoisotopic (exact) mass is 437 g/mol. The van der Waals surface area contributed by atoms with Gasteiger partial charge in [0.1, 0.15) is 17.3 Å². The van der Waals surface area contributed by atoms with Crippen LogP contribution in [-0.4, -0.2) is 48.2 Å². The number of hydrogen-bond donors (Lipinski definition) is 0. The summed E-state index contributed by atoms with van der Waals surface area (Å²) in [6.45, 7) is 6.14. The first-order valence-electron chi connectivity index (χ1n) is 9.97. The zero-order valence-corrected chi connectivity index (χ0v) is 18.7. The Hall–Kier alpha value is -2.55. The Morgan fingerprint density at radius 2 is 1.70 bits per heavy atom. The van der Waals surface area contributed by atoms with Gasteiger partial charge >= 0.3 is 0 Å². The Balaban J connectivity index is 1.51. The lowest BCUT2D eigenvalue weighted by atomic mass is 10.1. The zero-order valence-electron chi connectivity index (χ0n) is 17.0. The molecule has 0 aliphatic carbocycles. The van der Waals surface area contributed by atoms with Crippen LogP contribution in [0.3, 0.4) is 0 Å². The molecule has 4 heterocycles. The van der Waals surface area contributed by atoms with E-state index in [4.69, 9.17) is 14.7 Å². The second kappa shape index (κ2) is 8.29. The first kappa shape index (κ1) is 19.4. The van der Waals surface area contributed by atoms with E-state index in [1.54, 1.807) is 29.8 Å². The van der Waals surface area contributed by atoms with Crippen molar-refractivity contribution in [3.8, 4) is 11.1 Å². The van der Waals surface area contributed by atoms with Crippen molar-refractivity contribution in [2.75, 3.05) is 43.1 Å². The minimum Gasteiger partial charge on any atom is -0.377 e. The number of piperazine rings is 1. The average molecular weight is 438 g/mol. The third-order valence-electron chi connectivity index (χ3n) is 5.28. The lowest BCUT2D eigenvalue weighted by Gasteiger charge is -2.35. The molecular formula is C22H23N5OS2. The van der Waals surface area contributed by atoms with Gasteiger partial charge in [-0.3, -0.25) is 0 Å². The van der Waals surface area contributed by atoms with Crippen LogP contribution in [0.1, 0.15) is 11.5 Å². The second-order valence-corrected chi connectivity index (χ2v) is 9.03. The van der Waals surface area contributed by atoms with E-state index in [0.29, 0.717) is 6.61 Å². The number of hydrogen-bond acceptors (Lipinski definition) is 8. The minimum absolute atomic E-state index is 0.417. The molecule has 0 atom stereocenters. The van der Waals surface area contributed by atoms with E-state index < -0.39 is 0 Å². The number of methoxy groups -OCH3 is 1. The molecule has 0 N–H and O–H groups in total. The van der Waals surface area contributed by atoms with Crippen molar-refractivity contribution < 1.29 is 4.74 Å². The normalized spacial score (nSPS) is 14.6. The van der Waals surface area contributed by atoms with Gasteiger partial charge in [-0.25, -0.2) is 15.0 Å². The van der Waals surface area contributed by atoms with Gasteiger partial charge in [-0.05, 0) is 12.5 Å². The molecule has 6 nitrogen and oxygen atoms in total. The summed E-state index contributed by atoms with van der Waals surface area (Å²) < 4.78 is 5.33. The van der Waals surface area contributed by atoms with Crippen molar-refractivity contribution >= 4 is 43.8 Å². The molecule has 1 fully saturated rings. The number of fused-ring (bicyclic) bond motifs is 1. The number of thiazole rings is 1. The Morgan fingerprint density at radius 1 is 0.933 bits per heavy atom. The number of nitrogens with zero attached hydrogens (tertiary/aromatic N) is 5. The van der Waals surface area contributed by atoms with Crippen molar-refractivity contribution in [1.82, 2.24) is 15.0 Å². The fraction of sp³-hybridized carbons (Fsp3) is 0.318. The first-order valence-corrected chi connectivity index (χ1v) is 11.7. The maximum absolute atomic E-state index is 5.33. The molecule has 154 valence electrons. The molecule has 5 rings (SSSR count). The van der Waals surface area contributed by atoms with E-state index in [2.05, 4.69) is 49.8 Å². The van der Waals surface area contributed by atoms with Gasteiger partial charge in [0.2, 0.25) is 0 Å². The van der Waals surface area contributed by atoms with Crippen LogP contribution in [0.25, 0.3) is 21.3 Å². The molecule has 1 aliphatic rings. The standard InChI is InChI=1S/C22H23N5OS2/c1-15-13-30-22(23-15)27-10-8-26(9-11-27)20-19-17(16-6-4-3-5-7-16)14-29-21(19)25-18(24-20)12-28-2/h3-7,13-14H,8-12H2,1-2H3. The zero-order chi connectivity index (χ0) is 20.5. The molecular weight excluding hydrogens is 414 g/mol. The molecule has 3 aromatic heterocycles. The van der Waals surface area contributed by atoms with E-state index in [9.17, 15) is 0 Å². The van der Waals surface area contributed by atoms with E-state index in [0.717, 1.165) is 58.9 Å². The van der Waals surface area contributed by atoms with Gasteiger partial charge in [0.25, 0.3) is 0 Å². The van der Waals surface area contributed by atoms with Gasteiger partial charge in [0.05, 0.1) is 11.1 Å². The topological polar surface area (TPSA) is 54.4 Å². The number of ether oxygens (including phenoxy) is 1. The SMILES string of the molecule is COCc1nc(N2CCN(c3nc(C)cs3)CC2)c2c(-c3ccccc3)csc2n1. The van der Waals surface area contributed by atoms with Crippen LogP contribution in [0.15, 0.2) is 41.1 Å². The van der Waals surface area contributed by atoms with Gasteiger partial charge in [-0.15, -0.1) is 22.7 Å². The predicted molar refractivity (Wildman–Crippen MR) is 125 cm³/mol. The van der Waals surface area contributed by atoms with Crippen molar-refractivity contribution in [2.24, 2.45) is 0 Å². The number of benzene rings is 1. The average Bonchev–Trinajstić information content (AvgIpc) is 3.41. The lowest BCUT2D eigenvalue weighted by molar-refractivity contribution is 0.178. The van der Waals surface area contributed by atoms with Crippen molar-refractivity contribution in [1.29, 1.82) is 0 Å². The quantitative estimate of drug-likeness (QED) is 0.455. The molecule has 8 heteroatoms.